The summed E-state index contributed by atoms with van der Waals surface area (Å²) in [4.78, 5) is 16.9. The van der Waals surface area contributed by atoms with Gasteiger partial charge in [0.2, 0.25) is 5.89 Å². The van der Waals surface area contributed by atoms with Gasteiger partial charge < -0.3 is 4.42 Å². The number of aromatic nitrogens is 3. The van der Waals surface area contributed by atoms with Gasteiger partial charge in [0.15, 0.2) is 0 Å². The summed E-state index contributed by atoms with van der Waals surface area (Å²) in [5, 5.41) is 10.4. The van der Waals surface area contributed by atoms with E-state index in [1.807, 2.05) is 54.6 Å². The van der Waals surface area contributed by atoms with Gasteiger partial charge >= 0.3 is 0 Å². The molecule has 1 aliphatic carbocycles. The number of hydrogen-bond acceptors (Lipinski definition) is 6. The van der Waals surface area contributed by atoms with E-state index in [0.717, 1.165) is 47.0 Å². The number of para-hydroxylation sites is 1. The van der Waals surface area contributed by atoms with Gasteiger partial charge in [0, 0.05) is 22.4 Å². The Morgan fingerprint density at radius 1 is 1.03 bits per heavy atom. The molecular weight excluding hydrogens is 418 g/mol. The van der Waals surface area contributed by atoms with Crippen molar-refractivity contribution in [3.05, 3.63) is 59.6 Å². The standard InChI is InChI=1S/C23H18ClN3O2S/c24-15-11-9-14(10-12-15)19-13-17(16-5-1-2-6-18(16)25-19)22-26-27-23(29-22)30-21-8-4-3-7-20(21)28/h1-2,5-6,9-13,21H,3-4,7-8H2/t21-/m1/s1. The van der Waals surface area contributed by atoms with Gasteiger partial charge in [-0.25, -0.2) is 4.98 Å². The maximum atomic E-state index is 12.1. The molecule has 0 N–H and O–H groups in total. The number of ketones is 1. The predicted octanol–water partition coefficient (Wildman–Crippen LogP) is 6.21. The molecule has 1 fully saturated rings. The van der Waals surface area contributed by atoms with E-state index in [9.17, 15) is 4.79 Å². The first-order valence-corrected chi connectivity index (χ1v) is 11.1. The van der Waals surface area contributed by atoms with E-state index in [1.54, 1.807) is 0 Å². The molecule has 0 spiro atoms. The maximum Gasteiger partial charge on any atom is 0.277 e. The molecule has 2 aromatic heterocycles. The van der Waals surface area contributed by atoms with Crippen LogP contribution in [0.2, 0.25) is 5.02 Å². The highest BCUT2D eigenvalue weighted by Crippen LogP contribution is 2.35. The summed E-state index contributed by atoms with van der Waals surface area (Å²) in [5.74, 6) is 0.694. The Hall–Kier alpha value is -2.70. The molecule has 1 atom stereocenters. The Morgan fingerprint density at radius 3 is 2.70 bits per heavy atom. The molecular formula is C23H18ClN3O2S. The summed E-state index contributed by atoms with van der Waals surface area (Å²) in [6.45, 7) is 0. The Kier molecular flexibility index (Phi) is 5.27. The third kappa shape index (κ3) is 3.85. The Balaban J connectivity index is 1.54. The number of nitrogens with zero attached hydrogens (tertiary/aromatic N) is 3. The van der Waals surface area contributed by atoms with Gasteiger partial charge in [0.05, 0.1) is 22.0 Å². The van der Waals surface area contributed by atoms with Gasteiger partial charge in [0.1, 0.15) is 5.78 Å². The molecule has 30 heavy (non-hydrogen) atoms. The molecule has 150 valence electrons. The molecule has 2 heterocycles. The highest BCUT2D eigenvalue weighted by Gasteiger charge is 2.26. The number of halogens is 1. The fourth-order valence-electron chi connectivity index (χ4n) is 3.68. The molecule has 5 nitrogen and oxygen atoms in total. The lowest BCUT2D eigenvalue weighted by Gasteiger charge is -2.17. The van der Waals surface area contributed by atoms with Crippen LogP contribution < -0.4 is 0 Å². The van der Waals surface area contributed by atoms with E-state index < -0.39 is 0 Å². The van der Waals surface area contributed by atoms with Crippen molar-refractivity contribution >= 4 is 40.0 Å². The number of Topliss-reactive ketones (excluding diaryl/α,β-unsaturated/α-hetero) is 1. The minimum Gasteiger partial charge on any atom is -0.411 e. The van der Waals surface area contributed by atoms with Crippen molar-refractivity contribution in [2.75, 3.05) is 0 Å². The van der Waals surface area contributed by atoms with Gasteiger partial charge in [-0.3, -0.25) is 4.79 Å². The van der Waals surface area contributed by atoms with E-state index in [0.29, 0.717) is 22.6 Å². The van der Waals surface area contributed by atoms with E-state index in [2.05, 4.69) is 10.2 Å². The lowest BCUT2D eigenvalue weighted by Crippen LogP contribution is -2.21. The average Bonchev–Trinajstić information content (AvgIpc) is 3.23. The normalized spacial score (nSPS) is 16.8. The van der Waals surface area contributed by atoms with Crippen LogP contribution in [0.1, 0.15) is 25.7 Å². The number of rotatable bonds is 4. The number of fused-ring (bicyclic) bond motifs is 1. The largest absolute Gasteiger partial charge is 0.411 e. The number of pyridine rings is 1. The first-order valence-electron chi connectivity index (χ1n) is 9.86. The molecule has 0 amide bonds. The van der Waals surface area contributed by atoms with E-state index in [4.69, 9.17) is 21.0 Å². The number of hydrogen-bond donors (Lipinski definition) is 0. The van der Waals surface area contributed by atoms with Crippen LogP contribution in [0, 0.1) is 0 Å². The highest BCUT2D eigenvalue weighted by atomic mass is 35.5. The summed E-state index contributed by atoms with van der Waals surface area (Å²) in [5.41, 5.74) is 3.42. The second-order valence-corrected chi connectivity index (χ2v) is 8.86. The van der Waals surface area contributed by atoms with Crippen LogP contribution >= 0.6 is 23.4 Å². The third-order valence-corrected chi connectivity index (χ3v) is 6.64. The van der Waals surface area contributed by atoms with Crippen molar-refractivity contribution in [3.8, 4) is 22.7 Å². The summed E-state index contributed by atoms with van der Waals surface area (Å²) in [6.07, 6.45) is 3.53. The first-order chi connectivity index (χ1) is 14.7. The SMILES string of the molecule is O=C1CCCC[C@H]1Sc1nnc(-c2cc(-c3ccc(Cl)cc3)nc3ccccc23)o1. The Morgan fingerprint density at radius 2 is 1.87 bits per heavy atom. The summed E-state index contributed by atoms with van der Waals surface area (Å²) in [7, 11) is 0. The fourth-order valence-corrected chi connectivity index (χ4v) is 4.80. The molecule has 4 aromatic rings. The van der Waals surface area contributed by atoms with Crippen molar-refractivity contribution in [3.63, 3.8) is 0 Å². The number of benzene rings is 2. The van der Waals surface area contributed by atoms with Crippen molar-refractivity contribution in [2.24, 2.45) is 0 Å². The molecule has 7 heteroatoms. The van der Waals surface area contributed by atoms with Gasteiger partial charge in [0.25, 0.3) is 5.22 Å². The molecule has 0 bridgehead atoms. The summed E-state index contributed by atoms with van der Waals surface area (Å²) >= 11 is 7.41. The monoisotopic (exact) mass is 435 g/mol. The lowest BCUT2D eigenvalue weighted by atomic mass is 9.99. The molecule has 0 aliphatic heterocycles. The smallest absolute Gasteiger partial charge is 0.277 e. The van der Waals surface area contributed by atoms with Crippen LogP contribution in [0.4, 0.5) is 0 Å². The fraction of sp³-hybridized carbons (Fsp3) is 0.217. The molecule has 0 radical (unpaired) electrons. The van der Waals surface area contributed by atoms with Crippen LogP contribution in [0.5, 0.6) is 0 Å². The average molecular weight is 436 g/mol. The maximum absolute atomic E-state index is 12.1. The zero-order valence-electron chi connectivity index (χ0n) is 16.0. The molecule has 1 aliphatic rings. The second kappa shape index (κ2) is 8.20. The Labute approximate surface area is 182 Å². The van der Waals surface area contributed by atoms with Crippen molar-refractivity contribution in [1.82, 2.24) is 15.2 Å². The van der Waals surface area contributed by atoms with Crippen LogP contribution in [-0.4, -0.2) is 26.2 Å². The number of carbonyl (C=O) groups is 1. The number of thioether (sulfide) groups is 1. The van der Waals surface area contributed by atoms with Crippen molar-refractivity contribution < 1.29 is 9.21 Å². The molecule has 1 saturated carbocycles. The summed E-state index contributed by atoms with van der Waals surface area (Å²) < 4.78 is 5.98. The highest BCUT2D eigenvalue weighted by molar-refractivity contribution is 8.00. The topological polar surface area (TPSA) is 68.9 Å². The van der Waals surface area contributed by atoms with Gasteiger partial charge in [-0.15, -0.1) is 10.2 Å². The van der Waals surface area contributed by atoms with Crippen LogP contribution in [0.3, 0.4) is 0 Å². The third-order valence-electron chi connectivity index (χ3n) is 5.23. The molecule has 0 unspecified atom stereocenters. The van der Waals surface area contributed by atoms with E-state index in [1.165, 1.54) is 11.8 Å². The van der Waals surface area contributed by atoms with Crippen molar-refractivity contribution in [2.45, 2.75) is 36.2 Å². The minimum atomic E-state index is -0.0918. The lowest BCUT2D eigenvalue weighted by molar-refractivity contribution is -0.119. The molecule has 2 aromatic carbocycles. The minimum absolute atomic E-state index is 0.0918. The van der Waals surface area contributed by atoms with E-state index >= 15 is 0 Å². The zero-order valence-corrected chi connectivity index (χ0v) is 17.6. The predicted molar refractivity (Wildman–Crippen MR) is 119 cm³/mol. The van der Waals surface area contributed by atoms with Crippen LogP contribution in [0.15, 0.2) is 64.2 Å². The number of carbonyl (C=O) groups excluding carboxylic acids is 1. The zero-order chi connectivity index (χ0) is 20.5. The van der Waals surface area contributed by atoms with Gasteiger partial charge in [-0.05, 0) is 37.1 Å². The molecule has 5 rings (SSSR count). The first kappa shape index (κ1) is 19.3. The Bertz CT molecular complexity index is 1220. The quantitative estimate of drug-likeness (QED) is 0.379. The van der Waals surface area contributed by atoms with Crippen LogP contribution in [0.25, 0.3) is 33.6 Å². The van der Waals surface area contributed by atoms with Gasteiger partial charge in [-0.2, -0.15) is 0 Å². The van der Waals surface area contributed by atoms with E-state index in [-0.39, 0.29) is 11.0 Å². The summed E-state index contributed by atoms with van der Waals surface area (Å²) in [6, 6.07) is 17.4. The van der Waals surface area contributed by atoms with Crippen molar-refractivity contribution in [1.29, 1.82) is 0 Å². The molecule has 0 saturated heterocycles. The van der Waals surface area contributed by atoms with Gasteiger partial charge in [-0.1, -0.05) is 60.1 Å². The second-order valence-electron chi connectivity index (χ2n) is 7.27. The van der Waals surface area contributed by atoms with Crippen LogP contribution in [-0.2, 0) is 4.79 Å².